The molecule has 0 bridgehead atoms. The first-order valence-electron chi connectivity index (χ1n) is 7.36. The van der Waals surface area contributed by atoms with E-state index in [1.807, 2.05) is 0 Å². The SMILES string of the molecule is CC1OCCC1SC1CCC(CO)(NC2CC2)C1. The van der Waals surface area contributed by atoms with Gasteiger partial charge in [0.05, 0.1) is 12.7 Å². The highest BCUT2D eigenvalue weighted by atomic mass is 32.2. The van der Waals surface area contributed by atoms with Crippen LogP contribution in [-0.2, 0) is 4.74 Å². The average molecular weight is 271 g/mol. The lowest BCUT2D eigenvalue weighted by molar-refractivity contribution is 0.127. The lowest BCUT2D eigenvalue weighted by Crippen LogP contribution is -2.47. The van der Waals surface area contributed by atoms with E-state index in [1.54, 1.807) is 0 Å². The molecular formula is C14H25NO2S. The van der Waals surface area contributed by atoms with E-state index in [1.165, 1.54) is 25.7 Å². The Morgan fingerprint density at radius 1 is 1.33 bits per heavy atom. The first-order chi connectivity index (χ1) is 8.71. The summed E-state index contributed by atoms with van der Waals surface area (Å²) >= 11 is 2.11. The van der Waals surface area contributed by atoms with E-state index < -0.39 is 0 Å². The molecule has 0 aromatic rings. The van der Waals surface area contributed by atoms with Crippen LogP contribution in [0.25, 0.3) is 0 Å². The standard InChI is InChI=1S/C14H25NO2S/c1-10-13(5-7-17-10)18-12-4-6-14(8-12,9-16)15-11-2-3-11/h10-13,15-16H,2-9H2,1H3. The molecule has 0 aromatic heterocycles. The quantitative estimate of drug-likeness (QED) is 0.802. The van der Waals surface area contributed by atoms with Crippen LogP contribution in [-0.4, -0.2) is 46.5 Å². The van der Waals surface area contributed by atoms with Crippen molar-refractivity contribution < 1.29 is 9.84 Å². The Morgan fingerprint density at radius 3 is 2.78 bits per heavy atom. The fourth-order valence-electron chi connectivity index (χ4n) is 3.31. The molecule has 0 radical (unpaired) electrons. The molecule has 1 aliphatic heterocycles. The van der Waals surface area contributed by atoms with E-state index in [4.69, 9.17) is 4.74 Å². The highest BCUT2D eigenvalue weighted by Crippen LogP contribution is 2.42. The number of aliphatic hydroxyl groups is 1. The summed E-state index contributed by atoms with van der Waals surface area (Å²) in [4.78, 5) is 0. The number of thioether (sulfide) groups is 1. The smallest absolute Gasteiger partial charge is 0.0666 e. The fraction of sp³-hybridized carbons (Fsp3) is 1.00. The first-order valence-corrected chi connectivity index (χ1v) is 8.31. The third-order valence-electron chi connectivity index (χ3n) is 4.63. The highest BCUT2D eigenvalue weighted by Gasteiger charge is 2.43. The highest BCUT2D eigenvalue weighted by molar-refractivity contribution is 8.00. The number of hydrogen-bond acceptors (Lipinski definition) is 4. The van der Waals surface area contributed by atoms with Gasteiger partial charge in [-0.1, -0.05) is 0 Å². The van der Waals surface area contributed by atoms with Crippen LogP contribution < -0.4 is 5.32 Å². The molecule has 3 aliphatic rings. The summed E-state index contributed by atoms with van der Waals surface area (Å²) in [5.74, 6) is 0. The molecule has 3 fully saturated rings. The van der Waals surface area contributed by atoms with E-state index in [-0.39, 0.29) is 5.54 Å². The van der Waals surface area contributed by atoms with Gasteiger partial charge < -0.3 is 15.2 Å². The predicted molar refractivity (Wildman–Crippen MR) is 75.0 cm³/mol. The zero-order chi connectivity index (χ0) is 12.6. The van der Waals surface area contributed by atoms with Gasteiger partial charge in [0.25, 0.3) is 0 Å². The molecule has 18 heavy (non-hydrogen) atoms. The van der Waals surface area contributed by atoms with E-state index in [0.717, 1.165) is 19.4 Å². The van der Waals surface area contributed by atoms with Gasteiger partial charge in [-0.05, 0) is 45.4 Å². The van der Waals surface area contributed by atoms with Crippen LogP contribution in [0.3, 0.4) is 0 Å². The summed E-state index contributed by atoms with van der Waals surface area (Å²) in [7, 11) is 0. The van der Waals surface area contributed by atoms with Crippen molar-refractivity contribution in [3.05, 3.63) is 0 Å². The van der Waals surface area contributed by atoms with Gasteiger partial charge in [0.15, 0.2) is 0 Å². The third-order valence-corrected chi connectivity index (χ3v) is 6.38. The largest absolute Gasteiger partial charge is 0.394 e. The van der Waals surface area contributed by atoms with Crippen LogP contribution in [0.2, 0.25) is 0 Å². The first kappa shape index (κ1) is 13.2. The van der Waals surface area contributed by atoms with Gasteiger partial charge in [0.2, 0.25) is 0 Å². The molecule has 2 N–H and O–H groups in total. The predicted octanol–water partition coefficient (Wildman–Crippen LogP) is 1.93. The minimum Gasteiger partial charge on any atom is -0.394 e. The van der Waals surface area contributed by atoms with Crippen LogP contribution in [0.1, 0.15) is 45.4 Å². The second kappa shape index (κ2) is 5.31. The van der Waals surface area contributed by atoms with Crippen LogP contribution in [0.5, 0.6) is 0 Å². The number of aliphatic hydroxyl groups excluding tert-OH is 1. The maximum Gasteiger partial charge on any atom is 0.0666 e. The molecule has 3 rings (SSSR count). The van der Waals surface area contributed by atoms with Crippen molar-refractivity contribution >= 4 is 11.8 Å². The van der Waals surface area contributed by atoms with Gasteiger partial charge in [-0.15, -0.1) is 0 Å². The van der Waals surface area contributed by atoms with Gasteiger partial charge in [-0.2, -0.15) is 11.8 Å². The molecule has 1 saturated heterocycles. The molecule has 2 saturated carbocycles. The summed E-state index contributed by atoms with van der Waals surface area (Å²) in [6.45, 7) is 3.43. The second-order valence-corrected chi connectivity index (χ2v) is 7.81. The lowest BCUT2D eigenvalue weighted by atomic mass is 9.99. The van der Waals surface area contributed by atoms with Crippen molar-refractivity contribution in [3.8, 4) is 0 Å². The summed E-state index contributed by atoms with van der Waals surface area (Å²) in [5, 5.41) is 14.8. The Bertz CT molecular complexity index is 298. The summed E-state index contributed by atoms with van der Waals surface area (Å²) < 4.78 is 5.64. The molecular weight excluding hydrogens is 246 g/mol. The maximum atomic E-state index is 9.73. The van der Waals surface area contributed by atoms with Gasteiger partial charge in [0, 0.05) is 28.7 Å². The van der Waals surface area contributed by atoms with E-state index >= 15 is 0 Å². The van der Waals surface area contributed by atoms with E-state index in [2.05, 4.69) is 24.0 Å². The topological polar surface area (TPSA) is 41.5 Å². The molecule has 4 atom stereocenters. The Hall–Kier alpha value is 0.230. The molecule has 4 heteroatoms. The Labute approximate surface area is 114 Å². The van der Waals surface area contributed by atoms with Gasteiger partial charge >= 0.3 is 0 Å². The Morgan fingerprint density at radius 2 is 2.17 bits per heavy atom. The molecule has 0 aromatic carbocycles. The summed E-state index contributed by atoms with van der Waals surface area (Å²) in [5.41, 5.74) is 0.0293. The Balaban J connectivity index is 1.53. The number of ether oxygens (including phenoxy) is 1. The van der Waals surface area contributed by atoms with Gasteiger partial charge in [0.1, 0.15) is 0 Å². The zero-order valence-electron chi connectivity index (χ0n) is 11.2. The molecule has 0 amide bonds. The van der Waals surface area contributed by atoms with Crippen LogP contribution >= 0.6 is 11.8 Å². The van der Waals surface area contributed by atoms with Crippen molar-refractivity contribution in [2.24, 2.45) is 0 Å². The molecule has 3 nitrogen and oxygen atoms in total. The van der Waals surface area contributed by atoms with Crippen LogP contribution in [0, 0.1) is 0 Å². The van der Waals surface area contributed by atoms with Crippen LogP contribution in [0.4, 0.5) is 0 Å². The van der Waals surface area contributed by atoms with Gasteiger partial charge in [-0.25, -0.2) is 0 Å². The minimum atomic E-state index is 0.0293. The monoisotopic (exact) mass is 271 g/mol. The zero-order valence-corrected chi connectivity index (χ0v) is 12.0. The van der Waals surface area contributed by atoms with Crippen molar-refractivity contribution in [2.45, 2.75) is 73.6 Å². The molecule has 4 unspecified atom stereocenters. The third kappa shape index (κ3) is 2.87. The van der Waals surface area contributed by atoms with Crippen molar-refractivity contribution in [1.82, 2.24) is 5.32 Å². The van der Waals surface area contributed by atoms with Crippen LogP contribution in [0.15, 0.2) is 0 Å². The van der Waals surface area contributed by atoms with Crippen molar-refractivity contribution in [2.75, 3.05) is 13.2 Å². The van der Waals surface area contributed by atoms with E-state index in [0.29, 0.717) is 29.3 Å². The van der Waals surface area contributed by atoms with Crippen molar-refractivity contribution in [3.63, 3.8) is 0 Å². The number of nitrogens with one attached hydrogen (secondary N) is 1. The summed E-state index contributed by atoms with van der Waals surface area (Å²) in [6, 6.07) is 0.689. The van der Waals surface area contributed by atoms with E-state index in [9.17, 15) is 5.11 Å². The molecule has 1 heterocycles. The fourth-order valence-corrected chi connectivity index (χ4v) is 5.01. The molecule has 2 aliphatic carbocycles. The number of rotatable bonds is 5. The van der Waals surface area contributed by atoms with Gasteiger partial charge in [-0.3, -0.25) is 0 Å². The Kier molecular flexibility index (Phi) is 3.90. The minimum absolute atomic E-state index is 0.0293. The normalized spacial score (nSPS) is 44.7. The lowest BCUT2D eigenvalue weighted by Gasteiger charge is -2.29. The van der Waals surface area contributed by atoms with Crippen molar-refractivity contribution in [1.29, 1.82) is 0 Å². The average Bonchev–Trinajstić information content (AvgIpc) is 2.94. The second-order valence-electron chi connectivity index (χ2n) is 6.26. The molecule has 104 valence electrons. The number of hydrogen-bond donors (Lipinski definition) is 2. The molecule has 0 spiro atoms. The summed E-state index contributed by atoms with van der Waals surface area (Å²) in [6.07, 6.45) is 7.72. The maximum absolute atomic E-state index is 9.73.